The van der Waals surface area contributed by atoms with E-state index in [2.05, 4.69) is 15.9 Å². The van der Waals surface area contributed by atoms with Crippen LogP contribution in [0.15, 0.2) is 99.2 Å². The average molecular weight is 475 g/mol. The van der Waals surface area contributed by atoms with E-state index in [1.807, 2.05) is 78.9 Å². The normalized spacial score (nSPS) is 11.7. The fourth-order valence-electron chi connectivity index (χ4n) is 2.69. The Hall–Kier alpha value is -2.11. The van der Waals surface area contributed by atoms with E-state index < -0.39 is 6.43 Å². The second-order valence-corrected chi connectivity index (χ2v) is 8.48. The Morgan fingerprint density at radius 3 is 2.24 bits per heavy atom. The Labute approximate surface area is 182 Å². The van der Waals surface area contributed by atoms with Crippen molar-refractivity contribution in [2.75, 3.05) is 0 Å². The quantitative estimate of drug-likeness (QED) is 0.291. The van der Waals surface area contributed by atoms with Crippen molar-refractivity contribution in [3.05, 3.63) is 105 Å². The minimum Gasteiger partial charge on any atom is -0.489 e. The molecule has 29 heavy (non-hydrogen) atoms. The summed E-state index contributed by atoms with van der Waals surface area (Å²) in [5, 5.41) is 0. The van der Waals surface area contributed by atoms with Crippen LogP contribution in [0.3, 0.4) is 0 Å². The number of allylic oxidation sites excluding steroid dienone is 2. The zero-order valence-corrected chi connectivity index (χ0v) is 18.1. The smallest absolute Gasteiger partial charge is 0.269 e. The molecule has 0 fully saturated rings. The third-order valence-corrected chi connectivity index (χ3v) is 5.83. The Kier molecular flexibility index (Phi) is 8.32. The maximum Gasteiger partial charge on any atom is 0.269 e. The number of hydrogen-bond donors (Lipinski definition) is 0. The van der Waals surface area contributed by atoms with Crippen molar-refractivity contribution in [1.29, 1.82) is 0 Å². The molecule has 1 nitrogen and oxygen atoms in total. The molecule has 0 amide bonds. The van der Waals surface area contributed by atoms with Crippen molar-refractivity contribution in [2.45, 2.75) is 30.8 Å². The molecule has 0 radical (unpaired) electrons. The zero-order valence-electron chi connectivity index (χ0n) is 15.7. The highest BCUT2D eigenvalue weighted by Crippen LogP contribution is 2.32. The summed E-state index contributed by atoms with van der Waals surface area (Å²) in [6.07, 6.45) is 0.429. The maximum absolute atomic E-state index is 13.4. The summed E-state index contributed by atoms with van der Waals surface area (Å²) in [4.78, 5) is 0.898. The lowest BCUT2D eigenvalue weighted by Crippen LogP contribution is -1.95. The number of halogens is 3. The van der Waals surface area contributed by atoms with Crippen LogP contribution in [0.2, 0.25) is 0 Å². The van der Waals surface area contributed by atoms with Gasteiger partial charge < -0.3 is 4.74 Å². The van der Waals surface area contributed by atoms with Gasteiger partial charge in [-0.05, 0) is 60.4 Å². The van der Waals surface area contributed by atoms with Gasteiger partial charge in [-0.1, -0.05) is 76.2 Å². The van der Waals surface area contributed by atoms with Crippen molar-refractivity contribution in [1.82, 2.24) is 0 Å². The molecular weight excluding hydrogens is 454 g/mol. The summed E-state index contributed by atoms with van der Waals surface area (Å²) in [6, 6.07) is 25.2. The molecule has 0 aromatic heterocycles. The van der Waals surface area contributed by atoms with Crippen molar-refractivity contribution < 1.29 is 13.5 Å². The number of aryl methyl sites for hydroxylation is 1. The summed E-state index contributed by atoms with van der Waals surface area (Å²) >= 11 is 4.47. The third-order valence-electron chi connectivity index (χ3n) is 4.21. The van der Waals surface area contributed by atoms with E-state index in [0.29, 0.717) is 19.4 Å². The van der Waals surface area contributed by atoms with Gasteiger partial charge in [0.15, 0.2) is 0 Å². The second kappa shape index (κ2) is 11.2. The van der Waals surface area contributed by atoms with Crippen LogP contribution >= 0.6 is 27.7 Å². The van der Waals surface area contributed by atoms with Crippen molar-refractivity contribution in [2.24, 2.45) is 0 Å². The molecular formula is C24H21BrF2OS. The summed E-state index contributed by atoms with van der Waals surface area (Å²) in [5.74, 6) is 0.798. The Morgan fingerprint density at radius 1 is 0.897 bits per heavy atom. The predicted octanol–water partition coefficient (Wildman–Crippen LogP) is 7.90. The monoisotopic (exact) mass is 474 g/mol. The van der Waals surface area contributed by atoms with E-state index in [-0.39, 0.29) is 4.91 Å². The Morgan fingerprint density at radius 2 is 1.59 bits per heavy atom. The fraction of sp³-hybridized carbons (Fsp3) is 0.167. The van der Waals surface area contributed by atoms with E-state index in [4.69, 9.17) is 4.74 Å². The third kappa shape index (κ3) is 7.33. The SMILES string of the molecule is FC(F)/C(=C/CCc1ccc(OCc2ccccc2)cc1)Sc1ccc(Br)cc1. The average Bonchev–Trinajstić information content (AvgIpc) is 2.74. The van der Waals surface area contributed by atoms with E-state index in [1.165, 1.54) is 0 Å². The highest BCUT2D eigenvalue weighted by atomic mass is 79.9. The second-order valence-electron chi connectivity index (χ2n) is 6.42. The van der Waals surface area contributed by atoms with Gasteiger partial charge in [0.2, 0.25) is 0 Å². The number of thioether (sulfide) groups is 1. The van der Waals surface area contributed by atoms with Crippen LogP contribution in [0.5, 0.6) is 5.75 Å². The van der Waals surface area contributed by atoms with Gasteiger partial charge in [-0.3, -0.25) is 0 Å². The lowest BCUT2D eigenvalue weighted by Gasteiger charge is -2.08. The predicted molar refractivity (Wildman–Crippen MR) is 120 cm³/mol. The molecule has 150 valence electrons. The van der Waals surface area contributed by atoms with Crippen LogP contribution in [-0.4, -0.2) is 6.43 Å². The molecule has 0 aliphatic rings. The van der Waals surface area contributed by atoms with Gasteiger partial charge in [0.1, 0.15) is 12.4 Å². The van der Waals surface area contributed by atoms with Crippen molar-refractivity contribution in [3.63, 3.8) is 0 Å². The number of benzene rings is 3. The topological polar surface area (TPSA) is 9.23 Å². The molecule has 0 saturated carbocycles. The summed E-state index contributed by atoms with van der Waals surface area (Å²) in [7, 11) is 0. The zero-order chi connectivity index (χ0) is 20.5. The first kappa shape index (κ1) is 21.6. The first-order chi connectivity index (χ1) is 14.1. The molecule has 3 aromatic carbocycles. The maximum atomic E-state index is 13.4. The van der Waals surface area contributed by atoms with Crippen molar-refractivity contribution in [3.8, 4) is 5.75 Å². The molecule has 0 unspecified atom stereocenters. The molecule has 0 bridgehead atoms. The van der Waals surface area contributed by atoms with Crippen LogP contribution in [0.4, 0.5) is 8.78 Å². The number of ether oxygens (including phenoxy) is 1. The Balaban J connectivity index is 1.51. The van der Waals surface area contributed by atoms with Gasteiger partial charge in [-0.2, -0.15) is 0 Å². The van der Waals surface area contributed by atoms with Gasteiger partial charge >= 0.3 is 0 Å². The fourth-order valence-corrected chi connectivity index (χ4v) is 3.79. The molecule has 0 heterocycles. The van der Waals surface area contributed by atoms with Gasteiger partial charge in [0.05, 0.1) is 4.91 Å². The summed E-state index contributed by atoms with van der Waals surface area (Å²) < 4.78 is 33.4. The molecule has 0 aliphatic carbocycles. The van der Waals surface area contributed by atoms with E-state index >= 15 is 0 Å². The summed E-state index contributed by atoms with van der Waals surface area (Å²) in [6.45, 7) is 0.522. The van der Waals surface area contributed by atoms with Crippen LogP contribution in [0.1, 0.15) is 17.5 Å². The van der Waals surface area contributed by atoms with Crippen LogP contribution in [0, 0.1) is 0 Å². The van der Waals surface area contributed by atoms with Gasteiger partial charge in [0.25, 0.3) is 6.43 Å². The largest absolute Gasteiger partial charge is 0.489 e. The molecule has 0 aliphatic heterocycles. The first-order valence-corrected chi connectivity index (χ1v) is 10.9. The lowest BCUT2D eigenvalue weighted by molar-refractivity contribution is 0.199. The molecule has 5 heteroatoms. The molecule has 0 N–H and O–H groups in total. The molecule has 3 aromatic rings. The minimum absolute atomic E-state index is 0.0927. The summed E-state index contributed by atoms with van der Waals surface area (Å²) in [5.41, 5.74) is 2.21. The van der Waals surface area contributed by atoms with E-state index in [1.54, 1.807) is 6.08 Å². The standard InChI is InChI=1S/C24H21BrF2OS/c25-20-11-15-22(16-12-20)29-23(24(26)27)8-4-7-18-9-13-21(14-10-18)28-17-19-5-2-1-3-6-19/h1-3,5-6,8-16,24H,4,7,17H2/b23-8-. The minimum atomic E-state index is -2.47. The van der Waals surface area contributed by atoms with Gasteiger partial charge in [-0.25, -0.2) is 8.78 Å². The molecule has 0 spiro atoms. The number of hydrogen-bond acceptors (Lipinski definition) is 2. The van der Waals surface area contributed by atoms with Crippen molar-refractivity contribution >= 4 is 27.7 Å². The highest BCUT2D eigenvalue weighted by Gasteiger charge is 2.12. The number of alkyl halides is 2. The Bertz CT molecular complexity index is 910. The van der Waals surface area contributed by atoms with Gasteiger partial charge in [0, 0.05) is 9.37 Å². The molecule has 3 rings (SSSR count). The van der Waals surface area contributed by atoms with Crippen LogP contribution in [-0.2, 0) is 13.0 Å². The van der Waals surface area contributed by atoms with E-state index in [9.17, 15) is 8.78 Å². The van der Waals surface area contributed by atoms with Crippen LogP contribution < -0.4 is 4.74 Å². The number of rotatable bonds is 9. The molecule has 0 atom stereocenters. The van der Waals surface area contributed by atoms with Crippen LogP contribution in [0.25, 0.3) is 0 Å². The lowest BCUT2D eigenvalue weighted by atomic mass is 10.1. The van der Waals surface area contributed by atoms with Gasteiger partial charge in [-0.15, -0.1) is 0 Å². The van der Waals surface area contributed by atoms with E-state index in [0.717, 1.165) is 38.0 Å². The highest BCUT2D eigenvalue weighted by molar-refractivity contribution is 9.10. The molecule has 0 saturated heterocycles. The first-order valence-electron chi connectivity index (χ1n) is 9.27.